The molecule has 0 unspecified atom stereocenters. The number of nitrogens with one attached hydrogen (secondary N) is 1. The number of hydrogen-bond donors (Lipinski definition) is 2. The first-order valence-corrected chi connectivity index (χ1v) is 17.7. The van der Waals surface area contributed by atoms with Gasteiger partial charge in [0, 0.05) is 35.9 Å². The molecule has 4 aromatic rings. The van der Waals surface area contributed by atoms with Crippen molar-refractivity contribution >= 4 is 52.7 Å². The largest absolute Gasteiger partial charge is 0.394 e. The fourth-order valence-corrected chi connectivity index (χ4v) is 6.95. The van der Waals surface area contributed by atoms with E-state index >= 15 is 0 Å². The molecule has 8 nitrogen and oxygen atoms in total. The SMILES string of the molecule is CCCCN(CCCC)C(=O)c1cc(C)n(-c2ccc(NSc3cccc(Cl)c3Cl)cc2C(=O)N2Cc3ccccc3C[C@H]2CO)n1. The number of amides is 2. The summed E-state index contributed by atoms with van der Waals surface area (Å²) in [6.07, 6.45) is 4.39. The standard InChI is InChI=1S/C36H41Cl2N5O3S/c1-4-6-17-41(18-7-5-2)36(46)31-19-24(3)43(39-31)32-16-15-27(40-47-33-14-10-13-30(37)34(33)38)21-29(32)35(45)42-22-26-12-9-8-11-25(26)20-28(42)23-44/h8-16,19,21,28,40,44H,4-7,17-18,20,22-23H2,1-3H3/t28-/m0/s1. The van der Waals surface area contributed by atoms with E-state index in [2.05, 4.69) is 18.6 Å². The predicted octanol–water partition coefficient (Wildman–Crippen LogP) is 8.21. The van der Waals surface area contributed by atoms with Crippen LogP contribution in [0.3, 0.4) is 0 Å². The molecule has 11 heteroatoms. The third-order valence-corrected chi connectivity index (χ3v) is 10.3. The molecule has 2 amide bonds. The molecule has 5 rings (SSSR count). The molecule has 248 valence electrons. The number of anilines is 1. The molecular weight excluding hydrogens is 653 g/mol. The van der Waals surface area contributed by atoms with Gasteiger partial charge in [-0.1, -0.05) is 80.2 Å². The molecule has 2 N–H and O–H groups in total. The smallest absolute Gasteiger partial charge is 0.274 e. The zero-order chi connectivity index (χ0) is 33.5. The first kappa shape index (κ1) is 34.8. The van der Waals surface area contributed by atoms with E-state index in [-0.39, 0.29) is 24.5 Å². The number of carbonyl (C=O) groups is 2. The Labute approximate surface area is 291 Å². The highest BCUT2D eigenvalue weighted by Gasteiger charge is 2.32. The number of aliphatic hydroxyl groups excluding tert-OH is 1. The summed E-state index contributed by atoms with van der Waals surface area (Å²) in [6.45, 7) is 7.68. The number of benzene rings is 3. The Morgan fingerprint density at radius 2 is 1.72 bits per heavy atom. The highest BCUT2D eigenvalue weighted by atomic mass is 35.5. The molecule has 2 heterocycles. The zero-order valence-electron chi connectivity index (χ0n) is 27.0. The lowest BCUT2D eigenvalue weighted by Gasteiger charge is -2.36. The van der Waals surface area contributed by atoms with Gasteiger partial charge in [-0.25, -0.2) is 4.68 Å². The molecule has 1 aliphatic rings. The first-order chi connectivity index (χ1) is 22.7. The second-order valence-electron chi connectivity index (χ2n) is 11.8. The molecule has 1 aliphatic heterocycles. The Hall–Kier alpha value is -3.50. The van der Waals surface area contributed by atoms with Gasteiger partial charge >= 0.3 is 0 Å². The highest BCUT2D eigenvalue weighted by molar-refractivity contribution is 8.00. The number of halogens is 2. The number of hydrogen-bond acceptors (Lipinski definition) is 6. The van der Waals surface area contributed by atoms with Gasteiger partial charge in [0.25, 0.3) is 11.8 Å². The average molecular weight is 695 g/mol. The Bertz CT molecular complexity index is 1720. The molecule has 0 fully saturated rings. The van der Waals surface area contributed by atoms with E-state index in [1.54, 1.807) is 27.8 Å². The van der Waals surface area contributed by atoms with Gasteiger partial charge < -0.3 is 19.6 Å². The number of aryl methyl sites for hydroxylation is 1. The van der Waals surface area contributed by atoms with Gasteiger partial charge in [-0.15, -0.1) is 0 Å². The van der Waals surface area contributed by atoms with Crippen molar-refractivity contribution in [3.8, 4) is 5.69 Å². The van der Waals surface area contributed by atoms with E-state index in [1.807, 2.05) is 60.4 Å². The van der Waals surface area contributed by atoms with Crippen LogP contribution in [0.5, 0.6) is 0 Å². The van der Waals surface area contributed by atoms with Crippen molar-refractivity contribution in [2.45, 2.75) is 70.4 Å². The maximum Gasteiger partial charge on any atom is 0.274 e. The lowest BCUT2D eigenvalue weighted by Crippen LogP contribution is -2.46. The van der Waals surface area contributed by atoms with Crippen LogP contribution < -0.4 is 4.72 Å². The summed E-state index contributed by atoms with van der Waals surface area (Å²) in [5.41, 5.74) is 4.87. The quantitative estimate of drug-likeness (QED) is 0.137. The molecule has 1 aromatic heterocycles. The normalized spacial score (nSPS) is 14.2. The molecule has 0 spiro atoms. The minimum absolute atomic E-state index is 0.109. The van der Waals surface area contributed by atoms with Gasteiger partial charge in [-0.05, 0) is 85.7 Å². The Balaban J connectivity index is 1.52. The second kappa shape index (κ2) is 16.1. The number of rotatable bonds is 13. The maximum atomic E-state index is 14.5. The monoisotopic (exact) mass is 693 g/mol. The van der Waals surface area contributed by atoms with Crippen molar-refractivity contribution in [2.75, 3.05) is 24.4 Å². The molecule has 3 aromatic carbocycles. The van der Waals surface area contributed by atoms with Crippen LogP contribution >= 0.6 is 35.1 Å². The number of carbonyl (C=O) groups excluding carboxylic acids is 2. The van der Waals surface area contributed by atoms with Crippen LogP contribution in [0.15, 0.2) is 71.6 Å². The molecule has 0 radical (unpaired) electrons. The molecule has 0 bridgehead atoms. The van der Waals surface area contributed by atoms with Crippen LogP contribution in [0.2, 0.25) is 10.0 Å². The second-order valence-corrected chi connectivity index (χ2v) is 13.4. The average Bonchev–Trinajstić information content (AvgIpc) is 3.48. The van der Waals surface area contributed by atoms with Gasteiger partial charge in [0.1, 0.15) is 0 Å². The van der Waals surface area contributed by atoms with Crippen LogP contribution in [0, 0.1) is 6.92 Å². The van der Waals surface area contributed by atoms with Crippen molar-refractivity contribution < 1.29 is 14.7 Å². The van der Waals surface area contributed by atoms with Crippen molar-refractivity contribution in [1.82, 2.24) is 19.6 Å². The van der Waals surface area contributed by atoms with Crippen LogP contribution in [-0.4, -0.2) is 62.2 Å². The molecule has 0 saturated heterocycles. The zero-order valence-corrected chi connectivity index (χ0v) is 29.3. The summed E-state index contributed by atoms with van der Waals surface area (Å²) in [5, 5.41) is 16.0. The predicted molar refractivity (Wildman–Crippen MR) is 191 cm³/mol. The summed E-state index contributed by atoms with van der Waals surface area (Å²) >= 11 is 13.9. The topological polar surface area (TPSA) is 90.7 Å². The lowest BCUT2D eigenvalue weighted by molar-refractivity contribution is 0.0544. The van der Waals surface area contributed by atoms with E-state index in [1.165, 1.54) is 11.9 Å². The van der Waals surface area contributed by atoms with E-state index in [4.69, 9.17) is 28.3 Å². The lowest BCUT2D eigenvalue weighted by atomic mass is 9.93. The molecule has 0 saturated carbocycles. The van der Waals surface area contributed by atoms with Gasteiger partial charge in [0.15, 0.2) is 5.69 Å². The number of aromatic nitrogens is 2. The van der Waals surface area contributed by atoms with Crippen molar-refractivity contribution in [2.24, 2.45) is 0 Å². The molecular formula is C36H41Cl2N5O3S. The van der Waals surface area contributed by atoms with E-state index in [9.17, 15) is 14.7 Å². The van der Waals surface area contributed by atoms with E-state index < -0.39 is 0 Å². The summed E-state index contributed by atoms with van der Waals surface area (Å²) in [7, 11) is 0. The van der Waals surface area contributed by atoms with Gasteiger partial charge in [-0.3, -0.25) is 9.59 Å². The van der Waals surface area contributed by atoms with Crippen LogP contribution in [0.4, 0.5) is 5.69 Å². The van der Waals surface area contributed by atoms with Crippen molar-refractivity contribution in [3.05, 3.63) is 105 Å². The fraction of sp³-hybridized carbons (Fsp3) is 0.361. The minimum Gasteiger partial charge on any atom is -0.394 e. The Morgan fingerprint density at radius 1 is 1.00 bits per heavy atom. The number of nitrogens with zero attached hydrogens (tertiary/aromatic N) is 4. The Morgan fingerprint density at radius 3 is 2.43 bits per heavy atom. The number of fused-ring (bicyclic) bond motifs is 1. The Kier molecular flexibility index (Phi) is 11.9. The first-order valence-electron chi connectivity index (χ1n) is 16.1. The number of aliphatic hydroxyl groups is 1. The summed E-state index contributed by atoms with van der Waals surface area (Å²) in [6, 6.07) is 20.3. The summed E-state index contributed by atoms with van der Waals surface area (Å²) in [4.78, 5) is 32.5. The number of unbranched alkanes of at least 4 members (excludes halogenated alkanes) is 2. The van der Waals surface area contributed by atoms with Crippen molar-refractivity contribution in [3.63, 3.8) is 0 Å². The van der Waals surface area contributed by atoms with Crippen LogP contribution in [-0.2, 0) is 13.0 Å². The molecule has 0 aliphatic carbocycles. The van der Waals surface area contributed by atoms with Gasteiger partial charge in [-0.2, -0.15) is 5.10 Å². The molecule has 47 heavy (non-hydrogen) atoms. The third-order valence-electron chi connectivity index (χ3n) is 8.43. The summed E-state index contributed by atoms with van der Waals surface area (Å²) in [5.74, 6) is -0.346. The van der Waals surface area contributed by atoms with Gasteiger partial charge in [0.2, 0.25) is 0 Å². The van der Waals surface area contributed by atoms with Gasteiger partial charge in [0.05, 0.1) is 33.9 Å². The maximum absolute atomic E-state index is 14.5. The van der Waals surface area contributed by atoms with Crippen LogP contribution in [0.1, 0.15) is 77.2 Å². The van der Waals surface area contributed by atoms with Crippen molar-refractivity contribution in [1.29, 1.82) is 0 Å². The minimum atomic E-state index is -0.386. The van der Waals surface area contributed by atoms with Crippen LogP contribution in [0.25, 0.3) is 5.69 Å². The third kappa shape index (κ3) is 7.97. The van der Waals surface area contributed by atoms with E-state index in [0.29, 0.717) is 58.7 Å². The fourth-order valence-electron chi connectivity index (χ4n) is 5.77. The van der Waals surface area contributed by atoms with E-state index in [0.717, 1.165) is 47.4 Å². The highest BCUT2D eigenvalue weighted by Crippen LogP contribution is 2.35. The summed E-state index contributed by atoms with van der Waals surface area (Å²) < 4.78 is 4.98. The molecule has 1 atom stereocenters.